The van der Waals surface area contributed by atoms with Crippen LogP contribution >= 0.6 is 0 Å². The molecule has 0 aliphatic heterocycles. The molecule has 4 heteroatoms. The minimum absolute atomic E-state index is 0.795. The number of ether oxygens (including phenoxy) is 1. The van der Waals surface area contributed by atoms with Crippen molar-refractivity contribution in [2.45, 2.75) is 33.2 Å². The van der Waals surface area contributed by atoms with Gasteiger partial charge in [0.1, 0.15) is 5.75 Å². The number of benzene rings is 1. The molecule has 1 rings (SSSR count). The standard InChI is InChI=1S/C17H25NO3/c1-4-6-11-18(5-2)13-15-12-16(21-3)9-7-14(15)8-10-17(19)20/h7-10,12H,4-6,11,13H2,1-3H3,(H,19,20). The van der Waals surface area contributed by atoms with Crippen molar-refractivity contribution in [3.05, 3.63) is 35.4 Å². The normalized spacial score (nSPS) is 11.2. The summed E-state index contributed by atoms with van der Waals surface area (Å²) in [4.78, 5) is 13.1. The molecular formula is C17H25NO3. The Labute approximate surface area is 127 Å². The fourth-order valence-electron chi connectivity index (χ4n) is 2.14. The molecule has 21 heavy (non-hydrogen) atoms. The molecule has 0 aliphatic carbocycles. The van der Waals surface area contributed by atoms with E-state index in [1.165, 1.54) is 12.5 Å². The summed E-state index contributed by atoms with van der Waals surface area (Å²) in [6, 6.07) is 5.74. The Hall–Kier alpha value is -1.81. The van der Waals surface area contributed by atoms with Gasteiger partial charge in [0.05, 0.1) is 7.11 Å². The molecule has 1 N–H and O–H groups in total. The zero-order chi connectivity index (χ0) is 15.7. The summed E-state index contributed by atoms with van der Waals surface area (Å²) in [5.74, 6) is -0.140. The first kappa shape index (κ1) is 17.2. The Morgan fingerprint density at radius 2 is 2.14 bits per heavy atom. The summed E-state index contributed by atoms with van der Waals surface area (Å²) in [7, 11) is 1.64. The molecule has 1 aromatic carbocycles. The summed E-state index contributed by atoms with van der Waals surface area (Å²) in [5.41, 5.74) is 2.01. The van der Waals surface area contributed by atoms with E-state index in [1.54, 1.807) is 13.2 Å². The lowest BCUT2D eigenvalue weighted by molar-refractivity contribution is -0.131. The molecule has 1 aromatic rings. The number of rotatable bonds is 9. The van der Waals surface area contributed by atoms with Crippen LogP contribution in [0, 0.1) is 0 Å². The number of hydrogen-bond acceptors (Lipinski definition) is 3. The quantitative estimate of drug-likeness (QED) is 0.708. The van der Waals surface area contributed by atoms with Crippen LogP contribution in [0.25, 0.3) is 6.08 Å². The topological polar surface area (TPSA) is 49.8 Å². The minimum atomic E-state index is -0.935. The van der Waals surface area contributed by atoms with E-state index in [4.69, 9.17) is 9.84 Å². The van der Waals surface area contributed by atoms with Crippen LogP contribution < -0.4 is 4.74 Å². The molecule has 0 heterocycles. The van der Waals surface area contributed by atoms with Gasteiger partial charge in [-0.2, -0.15) is 0 Å². The summed E-state index contributed by atoms with van der Waals surface area (Å²) in [6.45, 7) is 7.14. The Kier molecular flexibility index (Phi) is 7.54. The number of hydrogen-bond donors (Lipinski definition) is 1. The van der Waals surface area contributed by atoms with Crippen molar-refractivity contribution >= 4 is 12.0 Å². The van der Waals surface area contributed by atoms with Crippen LogP contribution in [-0.2, 0) is 11.3 Å². The molecular weight excluding hydrogens is 266 g/mol. The van der Waals surface area contributed by atoms with Crippen molar-refractivity contribution < 1.29 is 14.6 Å². The first-order valence-electron chi connectivity index (χ1n) is 7.41. The van der Waals surface area contributed by atoms with E-state index in [0.717, 1.165) is 42.9 Å². The second-order valence-corrected chi connectivity index (χ2v) is 4.96. The lowest BCUT2D eigenvalue weighted by Gasteiger charge is -2.21. The monoisotopic (exact) mass is 291 g/mol. The summed E-state index contributed by atoms with van der Waals surface area (Å²) < 4.78 is 5.27. The van der Waals surface area contributed by atoms with Crippen LogP contribution in [0.1, 0.15) is 37.8 Å². The van der Waals surface area contributed by atoms with Gasteiger partial charge in [-0.15, -0.1) is 0 Å². The predicted molar refractivity (Wildman–Crippen MR) is 85.5 cm³/mol. The van der Waals surface area contributed by atoms with Crippen molar-refractivity contribution in [1.29, 1.82) is 0 Å². The van der Waals surface area contributed by atoms with E-state index in [-0.39, 0.29) is 0 Å². The maximum absolute atomic E-state index is 10.7. The van der Waals surface area contributed by atoms with Gasteiger partial charge in [0.2, 0.25) is 0 Å². The third-order valence-corrected chi connectivity index (χ3v) is 3.42. The maximum atomic E-state index is 10.7. The van der Waals surface area contributed by atoms with Gasteiger partial charge in [-0.25, -0.2) is 4.79 Å². The SMILES string of the molecule is CCCCN(CC)Cc1cc(OC)ccc1C=CC(=O)O. The lowest BCUT2D eigenvalue weighted by atomic mass is 10.1. The van der Waals surface area contributed by atoms with Gasteiger partial charge in [-0.05, 0) is 48.8 Å². The predicted octanol–water partition coefficient (Wildman–Crippen LogP) is 3.42. The van der Waals surface area contributed by atoms with Crippen molar-refractivity contribution in [2.24, 2.45) is 0 Å². The molecule has 0 saturated carbocycles. The van der Waals surface area contributed by atoms with E-state index >= 15 is 0 Å². The van der Waals surface area contributed by atoms with Crippen LogP contribution in [0.5, 0.6) is 5.75 Å². The van der Waals surface area contributed by atoms with Crippen molar-refractivity contribution in [2.75, 3.05) is 20.2 Å². The number of carbonyl (C=O) groups is 1. The van der Waals surface area contributed by atoms with Gasteiger partial charge in [-0.1, -0.05) is 26.3 Å². The molecule has 0 aromatic heterocycles. The van der Waals surface area contributed by atoms with Gasteiger partial charge < -0.3 is 9.84 Å². The summed E-state index contributed by atoms with van der Waals surface area (Å²) in [6.07, 6.45) is 5.15. The van der Waals surface area contributed by atoms with Gasteiger partial charge in [-0.3, -0.25) is 4.90 Å². The van der Waals surface area contributed by atoms with E-state index < -0.39 is 5.97 Å². The Balaban J connectivity index is 2.96. The molecule has 0 unspecified atom stereocenters. The van der Waals surface area contributed by atoms with E-state index in [1.807, 2.05) is 18.2 Å². The Morgan fingerprint density at radius 1 is 1.38 bits per heavy atom. The van der Waals surface area contributed by atoms with Gasteiger partial charge in [0, 0.05) is 12.6 Å². The number of carboxylic acids is 1. The molecule has 0 radical (unpaired) electrons. The first-order chi connectivity index (χ1) is 10.1. The largest absolute Gasteiger partial charge is 0.497 e. The van der Waals surface area contributed by atoms with Crippen LogP contribution in [0.2, 0.25) is 0 Å². The zero-order valence-electron chi connectivity index (χ0n) is 13.1. The van der Waals surface area contributed by atoms with E-state index in [0.29, 0.717) is 0 Å². The second-order valence-electron chi connectivity index (χ2n) is 4.96. The summed E-state index contributed by atoms with van der Waals surface area (Å²) in [5, 5.41) is 8.79. The molecule has 0 atom stereocenters. The third-order valence-electron chi connectivity index (χ3n) is 3.42. The number of nitrogens with zero attached hydrogens (tertiary/aromatic N) is 1. The third kappa shape index (κ3) is 6.00. The van der Waals surface area contributed by atoms with Crippen molar-refractivity contribution in [3.63, 3.8) is 0 Å². The average molecular weight is 291 g/mol. The highest BCUT2D eigenvalue weighted by Gasteiger charge is 2.08. The molecule has 116 valence electrons. The smallest absolute Gasteiger partial charge is 0.328 e. The highest BCUT2D eigenvalue weighted by molar-refractivity contribution is 5.85. The van der Waals surface area contributed by atoms with Gasteiger partial charge in [0.25, 0.3) is 0 Å². The van der Waals surface area contributed by atoms with E-state index in [9.17, 15) is 4.79 Å². The molecule has 0 spiro atoms. The molecule has 0 saturated heterocycles. The fraction of sp³-hybridized carbons (Fsp3) is 0.471. The number of unbranched alkanes of at least 4 members (excludes halogenated alkanes) is 1. The fourth-order valence-corrected chi connectivity index (χ4v) is 2.14. The number of aliphatic carboxylic acids is 1. The lowest BCUT2D eigenvalue weighted by Crippen LogP contribution is -2.24. The molecule has 4 nitrogen and oxygen atoms in total. The van der Waals surface area contributed by atoms with Crippen molar-refractivity contribution in [1.82, 2.24) is 4.90 Å². The highest BCUT2D eigenvalue weighted by Crippen LogP contribution is 2.21. The maximum Gasteiger partial charge on any atom is 0.328 e. The Bertz CT molecular complexity index is 483. The van der Waals surface area contributed by atoms with Crippen LogP contribution in [0.15, 0.2) is 24.3 Å². The van der Waals surface area contributed by atoms with Crippen LogP contribution in [0.3, 0.4) is 0 Å². The first-order valence-corrected chi connectivity index (χ1v) is 7.41. The van der Waals surface area contributed by atoms with Gasteiger partial charge in [0.15, 0.2) is 0 Å². The van der Waals surface area contributed by atoms with E-state index in [2.05, 4.69) is 18.7 Å². The molecule has 0 aliphatic rings. The molecule has 0 fully saturated rings. The molecule has 0 bridgehead atoms. The van der Waals surface area contributed by atoms with Crippen molar-refractivity contribution in [3.8, 4) is 5.75 Å². The van der Waals surface area contributed by atoms with Crippen LogP contribution in [0.4, 0.5) is 0 Å². The van der Waals surface area contributed by atoms with Crippen LogP contribution in [-0.4, -0.2) is 36.2 Å². The highest BCUT2D eigenvalue weighted by atomic mass is 16.5. The van der Waals surface area contributed by atoms with Gasteiger partial charge >= 0.3 is 5.97 Å². The minimum Gasteiger partial charge on any atom is -0.497 e. The summed E-state index contributed by atoms with van der Waals surface area (Å²) >= 11 is 0. The second kappa shape index (κ2) is 9.19. The zero-order valence-corrected chi connectivity index (χ0v) is 13.1. The average Bonchev–Trinajstić information content (AvgIpc) is 2.49. The number of methoxy groups -OCH3 is 1. The molecule has 0 amide bonds. The Morgan fingerprint density at radius 3 is 2.71 bits per heavy atom. The number of carboxylic acid groups (broad SMARTS) is 1.